The first kappa shape index (κ1) is 21.0. The van der Waals surface area contributed by atoms with Crippen LogP contribution in [0, 0.1) is 13.8 Å². The molecule has 0 unspecified atom stereocenters. The predicted octanol–water partition coefficient (Wildman–Crippen LogP) is 3.69. The molecule has 0 radical (unpaired) electrons. The lowest BCUT2D eigenvalue weighted by molar-refractivity contribution is -0.132. The zero-order valence-electron chi connectivity index (χ0n) is 18.1. The monoisotopic (exact) mass is 422 g/mol. The number of likely N-dealkylation sites (N-methyl/N-ethyl adjacent to an activating group) is 1. The Kier molecular flexibility index (Phi) is 6.46. The van der Waals surface area contributed by atoms with Gasteiger partial charge in [-0.2, -0.15) is 0 Å². The summed E-state index contributed by atoms with van der Waals surface area (Å²) in [6.07, 6.45) is 0. The summed E-state index contributed by atoms with van der Waals surface area (Å²) in [5.74, 6) is 0.189. The van der Waals surface area contributed by atoms with Crippen molar-refractivity contribution < 1.29 is 4.79 Å². The number of para-hydroxylation sites is 1. The van der Waals surface area contributed by atoms with Crippen molar-refractivity contribution in [3.8, 4) is 0 Å². The molecule has 4 rings (SSSR count). The smallest absolute Gasteiger partial charge is 0.236 e. The van der Waals surface area contributed by atoms with Crippen LogP contribution < -0.4 is 0 Å². The minimum atomic E-state index is 0.189. The van der Waals surface area contributed by atoms with E-state index >= 15 is 0 Å². The van der Waals surface area contributed by atoms with Crippen molar-refractivity contribution in [3.05, 3.63) is 64.2 Å². The molecule has 2 aromatic carbocycles. The molecular weight excluding hydrogens is 392 g/mol. The maximum atomic E-state index is 12.7. The first-order valence-corrected chi connectivity index (χ1v) is 11.4. The molecule has 0 spiro atoms. The second-order valence-electron chi connectivity index (χ2n) is 8.31. The molecule has 1 aromatic heterocycles. The van der Waals surface area contributed by atoms with Crippen LogP contribution in [0.3, 0.4) is 0 Å². The Balaban J connectivity index is 1.25. The van der Waals surface area contributed by atoms with Crippen molar-refractivity contribution in [3.63, 3.8) is 0 Å². The number of aryl methyl sites for hydroxylation is 2. The first-order chi connectivity index (χ1) is 14.5. The van der Waals surface area contributed by atoms with Gasteiger partial charge in [0.15, 0.2) is 0 Å². The highest BCUT2D eigenvalue weighted by Crippen LogP contribution is 2.23. The highest BCUT2D eigenvalue weighted by atomic mass is 32.1. The lowest BCUT2D eigenvalue weighted by atomic mass is 10.1. The molecular formula is C24H30N4OS. The Morgan fingerprint density at radius 1 is 1.07 bits per heavy atom. The third-order valence-electron chi connectivity index (χ3n) is 5.85. The van der Waals surface area contributed by atoms with Crippen LogP contribution in [-0.4, -0.2) is 65.4 Å². The summed E-state index contributed by atoms with van der Waals surface area (Å²) in [5, 5.41) is 1.17. The number of hydrogen-bond donors (Lipinski definition) is 0. The van der Waals surface area contributed by atoms with Gasteiger partial charge in [-0.05, 0) is 37.1 Å². The number of fused-ring (bicyclic) bond motifs is 1. The number of aromatic nitrogens is 1. The fourth-order valence-corrected chi connectivity index (χ4v) is 4.97. The van der Waals surface area contributed by atoms with Crippen LogP contribution in [0.4, 0.5) is 0 Å². The molecule has 0 aliphatic carbocycles. The van der Waals surface area contributed by atoms with Crippen molar-refractivity contribution in [2.45, 2.75) is 26.9 Å². The summed E-state index contributed by atoms with van der Waals surface area (Å²) in [7, 11) is 1.91. The Hall–Kier alpha value is -2.28. The van der Waals surface area contributed by atoms with E-state index in [1.807, 2.05) is 18.0 Å². The number of benzene rings is 2. The van der Waals surface area contributed by atoms with Crippen LogP contribution in [0.5, 0.6) is 0 Å². The number of carbonyl (C=O) groups excluding carboxylic acids is 1. The van der Waals surface area contributed by atoms with Crippen LogP contribution in [0.2, 0.25) is 0 Å². The molecule has 1 aliphatic rings. The molecule has 0 bridgehead atoms. The average molecular weight is 423 g/mol. The van der Waals surface area contributed by atoms with Gasteiger partial charge in [0.1, 0.15) is 5.01 Å². The van der Waals surface area contributed by atoms with Crippen LogP contribution >= 0.6 is 11.3 Å². The van der Waals surface area contributed by atoms with Crippen molar-refractivity contribution in [2.24, 2.45) is 0 Å². The first-order valence-electron chi connectivity index (χ1n) is 10.6. The molecule has 2 heterocycles. The molecule has 30 heavy (non-hydrogen) atoms. The SMILES string of the molecule is Cc1ccc(CN(C)C(=O)CN2CCN(Cc3nc4ccccc4s3)CC2)c(C)c1. The maximum absolute atomic E-state index is 12.7. The van der Waals surface area contributed by atoms with Gasteiger partial charge in [0.05, 0.1) is 23.3 Å². The molecule has 1 amide bonds. The standard InChI is InChI=1S/C24H30N4OS/c1-18-8-9-20(19(2)14-18)15-26(3)24(29)17-28-12-10-27(11-13-28)16-23-25-21-6-4-5-7-22(21)30-23/h4-9,14H,10-13,15-17H2,1-3H3. The van der Waals surface area contributed by atoms with Gasteiger partial charge in [-0.1, -0.05) is 35.9 Å². The number of rotatable bonds is 6. The molecule has 158 valence electrons. The number of thiazole rings is 1. The van der Waals surface area contributed by atoms with Gasteiger partial charge in [0.25, 0.3) is 0 Å². The quantitative estimate of drug-likeness (QED) is 0.607. The molecule has 0 N–H and O–H groups in total. The van der Waals surface area contributed by atoms with Gasteiger partial charge in [-0.3, -0.25) is 14.6 Å². The largest absolute Gasteiger partial charge is 0.340 e. The summed E-state index contributed by atoms with van der Waals surface area (Å²) in [4.78, 5) is 24.0. The maximum Gasteiger partial charge on any atom is 0.236 e. The number of nitrogens with zero attached hydrogens (tertiary/aromatic N) is 4. The topological polar surface area (TPSA) is 39.7 Å². The Bertz CT molecular complexity index is 990. The van der Waals surface area contributed by atoms with Gasteiger partial charge in [0.2, 0.25) is 5.91 Å². The normalized spacial score (nSPS) is 15.6. The summed E-state index contributed by atoms with van der Waals surface area (Å²) >= 11 is 1.78. The van der Waals surface area contributed by atoms with E-state index < -0.39 is 0 Å². The van der Waals surface area contributed by atoms with Crippen LogP contribution in [0.25, 0.3) is 10.2 Å². The molecule has 0 saturated carbocycles. The molecule has 1 saturated heterocycles. The zero-order chi connectivity index (χ0) is 21.1. The zero-order valence-corrected chi connectivity index (χ0v) is 18.9. The minimum Gasteiger partial charge on any atom is -0.340 e. The van der Waals surface area contributed by atoms with Crippen LogP contribution in [-0.2, 0) is 17.9 Å². The molecule has 5 nitrogen and oxygen atoms in total. The van der Waals surface area contributed by atoms with Gasteiger partial charge in [-0.15, -0.1) is 11.3 Å². The van der Waals surface area contributed by atoms with Crippen molar-refractivity contribution in [1.82, 2.24) is 19.7 Å². The van der Waals surface area contributed by atoms with E-state index in [4.69, 9.17) is 4.98 Å². The van der Waals surface area contributed by atoms with Gasteiger partial charge in [-0.25, -0.2) is 4.98 Å². The highest BCUT2D eigenvalue weighted by molar-refractivity contribution is 7.18. The number of carbonyl (C=O) groups is 1. The number of hydrogen-bond acceptors (Lipinski definition) is 5. The van der Waals surface area contributed by atoms with Gasteiger partial charge >= 0.3 is 0 Å². The molecule has 0 atom stereocenters. The minimum absolute atomic E-state index is 0.189. The lowest BCUT2D eigenvalue weighted by Gasteiger charge is -2.34. The molecule has 1 aliphatic heterocycles. The number of amides is 1. The Labute approximate surface area is 182 Å². The van der Waals surface area contributed by atoms with Crippen LogP contribution in [0.15, 0.2) is 42.5 Å². The van der Waals surface area contributed by atoms with E-state index in [1.54, 1.807) is 11.3 Å². The Morgan fingerprint density at radius 2 is 1.80 bits per heavy atom. The summed E-state index contributed by atoms with van der Waals surface area (Å²) < 4.78 is 1.25. The fourth-order valence-electron chi connectivity index (χ4n) is 3.96. The van der Waals surface area contributed by atoms with Crippen molar-refractivity contribution >= 4 is 27.5 Å². The average Bonchev–Trinajstić information content (AvgIpc) is 3.13. The second-order valence-corrected chi connectivity index (χ2v) is 9.42. The molecule has 6 heteroatoms. The van der Waals surface area contributed by atoms with E-state index in [-0.39, 0.29) is 5.91 Å². The molecule has 3 aromatic rings. The van der Waals surface area contributed by atoms with Gasteiger partial charge < -0.3 is 4.90 Å². The van der Waals surface area contributed by atoms with E-state index in [9.17, 15) is 4.79 Å². The lowest BCUT2D eigenvalue weighted by Crippen LogP contribution is -2.49. The van der Waals surface area contributed by atoms with E-state index in [0.29, 0.717) is 13.1 Å². The third-order valence-corrected chi connectivity index (χ3v) is 6.87. The third kappa shape index (κ3) is 5.06. The van der Waals surface area contributed by atoms with Crippen LogP contribution in [0.1, 0.15) is 21.7 Å². The van der Waals surface area contributed by atoms with Gasteiger partial charge in [0, 0.05) is 39.8 Å². The second kappa shape index (κ2) is 9.25. The predicted molar refractivity (Wildman–Crippen MR) is 124 cm³/mol. The fraction of sp³-hybridized carbons (Fsp3) is 0.417. The van der Waals surface area contributed by atoms with Crippen molar-refractivity contribution in [1.29, 1.82) is 0 Å². The molecule has 1 fully saturated rings. The summed E-state index contributed by atoms with van der Waals surface area (Å²) in [5.41, 5.74) is 4.82. The van der Waals surface area contributed by atoms with E-state index in [0.717, 1.165) is 38.2 Å². The highest BCUT2D eigenvalue weighted by Gasteiger charge is 2.21. The van der Waals surface area contributed by atoms with E-state index in [2.05, 4.69) is 60.0 Å². The number of piperazine rings is 1. The summed E-state index contributed by atoms with van der Waals surface area (Å²) in [6.45, 7) is 10.1. The van der Waals surface area contributed by atoms with E-state index in [1.165, 1.54) is 26.4 Å². The van der Waals surface area contributed by atoms with Crippen molar-refractivity contribution in [2.75, 3.05) is 39.8 Å². The Morgan fingerprint density at radius 3 is 2.53 bits per heavy atom. The summed E-state index contributed by atoms with van der Waals surface area (Å²) in [6, 6.07) is 14.7.